The van der Waals surface area contributed by atoms with E-state index in [1.54, 1.807) is 0 Å². The standard InChI is InChI=1S/C21H25N3O2.ClH/c1-2-12-22-21(26)19(15-8-4-3-5-9-15)24-20(25)18-13-16-10-6-7-11-17(16)14-23-18;/h3-11,18-19,23H,2,12-14H2,1H3,(H,22,26)(H,24,25);1H/t18-,19+;/m0./s1. The van der Waals surface area contributed by atoms with Crippen molar-refractivity contribution in [1.82, 2.24) is 16.0 Å². The molecule has 0 aromatic heterocycles. The molecule has 0 bridgehead atoms. The summed E-state index contributed by atoms with van der Waals surface area (Å²) in [5.41, 5.74) is 3.18. The van der Waals surface area contributed by atoms with Crippen LogP contribution in [-0.4, -0.2) is 24.4 Å². The van der Waals surface area contributed by atoms with Crippen LogP contribution in [0.4, 0.5) is 0 Å². The molecule has 2 aromatic carbocycles. The number of hydrogen-bond donors (Lipinski definition) is 3. The lowest BCUT2D eigenvalue weighted by molar-refractivity contribution is -0.130. The SMILES string of the molecule is CCCNC(=O)[C@H](NC(=O)[C@@H]1Cc2ccccc2CN1)c1ccccc1.Cl. The first kappa shape index (κ1) is 20.9. The Labute approximate surface area is 166 Å². The molecule has 3 N–H and O–H groups in total. The van der Waals surface area contributed by atoms with E-state index in [0.29, 0.717) is 19.5 Å². The molecule has 3 rings (SSSR count). The van der Waals surface area contributed by atoms with Gasteiger partial charge in [0.2, 0.25) is 11.8 Å². The van der Waals surface area contributed by atoms with Gasteiger partial charge in [-0.15, -0.1) is 12.4 Å². The van der Waals surface area contributed by atoms with E-state index in [1.807, 2.05) is 49.4 Å². The Bertz CT molecular complexity index is 767. The van der Waals surface area contributed by atoms with Crippen molar-refractivity contribution >= 4 is 24.2 Å². The Kier molecular flexibility index (Phi) is 7.82. The Balaban J connectivity index is 0.00000261. The highest BCUT2D eigenvalue weighted by Gasteiger charge is 2.28. The topological polar surface area (TPSA) is 70.2 Å². The van der Waals surface area contributed by atoms with Gasteiger partial charge in [0, 0.05) is 13.1 Å². The summed E-state index contributed by atoms with van der Waals surface area (Å²) in [7, 11) is 0. The lowest BCUT2D eigenvalue weighted by Crippen LogP contribution is -2.51. The van der Waals surface area contributed by atoms with Crippen LogP contribution in [0, 0.1) is 0 Å². The van der Waals surface area contributed by atoms with Gasteiger partial charge < -0.3 is 16.0 Å². The molecule has 1 aliphatic rings. The second kappa shape index (κ2) is 10.1. The number of nitrogens with one attached hydrogen (secondary N) is 3. The van der Waals surface area contributed by atoms with Crippen molar-refractivity contribution in [2.24, 2.45) is 0 Å². The molecule has 0 spiro atoms. The highest BCUT2D eigenvalue weighted by atomic mass is 35.5. The molecule has 2 aromatic rings. The molecule has 0 saturated heterocycles. The predicted molar refractivity (Wildman–Crippen MR) is 109 cm³/mol. The van der Waals surface area contributed by atoms with Crippen LogP contribution in [0.15, 0.2) is 54.6 Å². The van der Waals surface area contributed by atoms with Crippen LogP contribution >= 0.6 is 12.4 Å². The van der Waals surface area contributed by atoms with E-state index < -0.39 is 6.04 Å². The average Bonchev–Trinajstić information content (AvgIpc) is 2.70. The zero-order valence-corrected chi connectivity index (χ0v) is 16.2. The summed E-state index contributed by atoms with van der Waals surface area (Å²) in [6, 6.07) is 16.5. The number of fused-ring (bicyclic) bond motifs is 1. The van der Waals surface area contributed by atoms with Gasteiger partial charge >= 0.3 is 0 Å². The predicted octanol–water partition coefficient (Wildman–Crippen LogP) is 2.51. The molecular formula is C21H26ClN3O2. The number of halogens is 1. The van der Waals surface area contributed by atoms with E-state index >= 15 is 0 Å². The average molecular weight is 388 g/mol. The zero-order valence-electron chi connectivity index (χ0n) is 15.4. The van der Waals surface area contributed by atoms with E-state index in [1.165, 1.54) is 11.1 Å². The second-order valence-electron chi connectivity index (χ2n) is 6.55. The van der Waals surface area contributed by atoms with Gasteiger partial charge in [-0.25, -0.2) is 0 Å². The number of benzene rings is 2. The maximum Gasteiger partial charge on any atom is 0.247 e. The van der Waals surface area contributed by atoms with Gasteiger partial charge in [0.15, 0.2) is 0 Å². The third-order valence-electron chi connectivity index (χ3n) is 4.63. The monoisotopic (exact) mass is 387 g/mol. The first-order valence-electron chi connectivity index (χ1n) is 9.12. The summed E-state index contributed by atoms with van der Waals surface area (Å²) < 4.78 is 0. The van der Waals surface area contributed by atoms with E-state index in [2.05, 4.69) is 28.1 Å². The van der Waals surface area contributed by atoms with Gasteiger partial charge in [-0.1, -0.05) is 61.5 Å². The third kappa shape index (κ3) is 5.31. The zero-order chi connectivity index (χ0) is 18.4. The quantitative estimate of drug-likeness (QED) is 0.713. The molecule has 0 unspecified atom stereocenters. The maximum absolute atomic E-state index is 12.8. The van der Waals surface area contributed by atoms with Crippen molar-refractivity contribution in [2.75, 3.05) is 6.54 Å². The number of carbonyl (C=O) groups is 2. The largest absolute Gasteiger partial charge is 0.354 e. The Morgan fingerprint density at radius 2 is 1.74 bits per heavy atom. The van der Waals surface area contributed by atoms with Gasteiger partial charge in [-0.3, -0.25) is 9.59 Å². The number of carbonyl (C=O) groups excluding carboxylic acids is 2. The minimum absolute atomic E-state index is 0. The first-order valence-corrected chi connectivity index (χ1v) is 9.12. The van der Waals surface area contributed by atoms with Crippen LogP contribution in [0.1, 0.15) is 36.1 Å². The van der Waals surface area contributed by atoms with Crippen molar-refractivity contribution in [3.05, 3.63) is 71.3 Å². The molecule has 1 heterocycles. The van der Waals surface area contributed by atoms with E-state index in [9.17, 15) is 9.59 Å². The molecule has 27 heavy (non-hydrogen) atoms. The fraction of sp³-hybridized carbons (Fsp3) is 0.333. The second-order valence-corrected chi connectivity index (χ2v) is 6.55. The number of hydrogen-bond acceptors (Lipinski definition) is 3. The van der Waals surface area contributed by atoms with Crippen LogP contribution in [0.25, 0.3) is 0 Å². The van der Waals surface area contributed by atoms with Gasteiger partial charge in [-0.2, -0.15) is 0 Å². The third-order valence-corrected chi connectivity index (χ3v) is 4.63. The summed E-state index contributed by atoms with van der Waals surface area (Å²) in [5.74, 6) is -0.331. The van der Waals surface area contributed by atoms with Crippen LogP contribution in [0.2, 0.25) is 0 Å². The van der Waals surface area contributed by atoms with E-state index in [0.717, 1.165) is 12.0 Å². The van der Waals surface area contributed by atoms with Gasteiger partial charge in [0.25, 0.3) is 0 Å². The lowest BCUT2D eigenvalue weighted by atomic mass is 9.95. The fourth-order valence-corrected chi connectivity index (χ4v) is 3.18. The van der Waals surface area contributed by atoms with E-state index in [4.69, 9.17) is 0 Å². The lowest BCUT2D eigenvalue weighted by Gasteiger charge is -2.27. The summed E-state index contributed by atoms with van der Waals surface area (Å²) in [6.07, 6.45) is 1.47. The first-order chi connectivity index (χ1) is 12.7. The Morgan fingerprint density at radius 1 is 1.07 bits per heavy atom. The van der Waals surface area contributed by atoms with Crippen LogP contribution in [0.5, 0.6) is 0 Å². The molecule has 0 radical (unpaired) electrons. The molecule has 6 heteroatoms. The van der Waals surface area contributed by atoms with Crippen LogP contribution in [-0.2, 0) is 22.6 Å². The van der Waals surface area contributed by atoms with Crippen molar-refractivity contribution in [3.8, 4) is 0 Å². The summed E-state index contributed by atoms with van der Waals surface area (Å²) in [5, 5.41) is 9.08. The molecule has 144 valence electrons. The summed E-state index contributed by atoms with van der Waals surface area (Å²) >= 11 is 0. The molecule has 2 amide bonds. The molecular weight excluding hydrogens is 362 g/mol. The van der Waals surface area contributed by atoms with Crippen molar-refractivity contribution in [3.63, 3.8) is 0 Å². The van der Waals surface area contributed by atoms with Crippen molar-refractivity contribution in [2.45, 2.75) is 38.4 Å². The molecule has 5 nitrogen and oxygen atoms in total. The van der Waals surface area contributed by atoms with Gasteiger partial charge in [0.1, 0.15) is 6.04 Å². The minimum atomic E-state index is -0.686. The minimum Gasteiger partial charge on any atom is -0.354 e. The molecule has 2 atom stereocenters. The molecule has 0 fully saturated rings. The van der Waals surface area contributed by atoms with Crippen LogP contribution < -0.4 is 16.0 Å². The highest BCUT2D eigenvalue weighted by Crippen LogP contribution is 2.18. The van der Waals surface area contributed by atoms with Crippen molar-refractivity contribution < 1.29 is 9.59 Å². The molecule has 0 saturated carbocycles. The Hall–Kier alpha value is -2.37. The highest BCUT2D eigenvalue weighted by molar-refractivity contribution is 5.90. The molecule has 1 aliphatic heterocycles. The fourth-order valence-electron chi connectivity index (χ4n) is 3.18. The number of amides is 2. The normalized spacial score (nSPS) is 16.4. The van der Waals surface area contributed by atoms with Crippen LogP contribution in [0.3, 0.4) is 0 Å². The summed E-state index contributed by atoms with van der Waals surface area (Å²) in [4.78, 5) is 25.4. The smallest absolute Gasteiger partial charge is 0.247 e. The molecule has 0 aliphatic carbocycles. The van der Waals surface area contributed by atoms with Crippen molar-refractivity contribution in [1.29, 1.82) is 0 Å². The Morgan fingerprint density at radius 3 is 2.44 bits per heavy atom. The summed E-state index contributed by atoms with van der Waals surface area (Å²) in [6.45, 7) is 3.25. The number of rotatable bonds is 6. The van der Waals surface area contributed by atoms with Gasteiger partial charge in [-0.05, 0) is 29.5 Å². The van der Waals surface area contributed by atoms with E-state index in [-0.39, 0.29) is 30.3 Å². The van der Waals surface area contributed by atoms with Gasteiger partial charge in [0.05, 0.1) is 6.04 Å². The maximum atomic E-state index is 12.8.